The van der Waals surface area contributed by atoms with Gasteiger partial charge < -0.3 is 15.8 Å². The summed E-state index contributed by atoms with van der Waals surface area (Å²) in [6, 6.07) is 4.02. The van der Waals surface area contributed by atoms with Gasteiger partial charge in [0, 0.05) is 18.4 Å². The lowest BCUT2D eigenvalue weighted by Crippen LogP contribution is -2.11. The van der Waals surface area contributed by atoms with E-state index < -0.39 is 0 Å². The van der Waals surface area contributed by atoms with Gasteiger partial charge in [0.2, 0.25) is 0 Å². The van der Waals surface area contributed by atoms with Crippen LogP contribution in [0.4, 0.5) is 17.3 Å². The molecular formula is C17H27N7O2. The van der Waals surface area contributed by atoms with E-state index in [1.807, 2.05) is 32.9 Å². The molecule has 4 N–H and O–H groups in total. The van der Waals surface area contributed by atoms with Gasteiger partial charge in [0.15, 0.2) is 11.6 Å². The molecule has 0 fully saturated rings. The van der Waals surface area contributed by atoms with Crippen LogP contribution in [0.15, 0.2) is 23.6 Å². The van der Waals surface area contributed by atoms with Gasteiger partial charge in [-0.3, -0.25) is 4.98 Å². The second-order valence-electron chi connectivity index (χ2n) is 5.18. The maximum atomic E-state index is 10.5. The van der Waals surface area contributed by atoms with E-state index in [-0.39, 0.29) is 17.5 Å². The zero-order valence-corrected chi connectivity index (χ0v) is 15.7. The number of rotatable bonds is 9. The number of hydrogen-bond donors (Lipinski definition) is 3. The van der Waals surface area contributed by atoms with E-state index in [1.54, 1.807) is 6.20 Å². The summed E-state index contributed by atoms with van der Waals surface area (Å²) in [5.41, 5.74) is 10.2. The van der Waals surface area contributed by atoms with Gasteiger partial charge in [0.05, 0.1) is 11.9 Å². The van der Waals surface area contributed by atoms with Crippen molar-refractivity contribution >= 4 is 17.3 Å². The first-order chi connectivity index (χ1) is 12.6. The molecule has 9 nitrogen and oxygen atoms in total. The van der Waals surface area contributed by atoms with Crippen molar-refractivity contribution in [2.45, 2.75) is 47.1 Å². The Balaban J connectivity index is 0.00000163. The fraction of sp³-hybridized carbons (Fsp3) is 0.471. The Morgan fingerprint density at radius 2 is 2.04 bits per heavy atom. The van der Waals surface area contributed by atoms with E-state index in [9.17, 15) is 4.91 Å². The van der Waals surface area contributed by atoms with Gasteiger partial charge in [-0.15, -0.1) is 4.91 Å². The van der Waals surface area contributed by atoms with Crippen LogP contribution in [-0.4, -0.2) is 21.6 Å². The molecule has 2 aromatic heterocycles. The van der Waals surface area contributed by atoms with Crippen LogP contribution in [0.5, 0.6) is 6.01 Å². The number of aromatic nitrogens is 3. The predicted molar refractivity (Wildman–Crippen MR) is 104 cm³/mol. The standard InChI is InChI=1S/C15H21N7O2.C2H6/c1-3-4-7-24-15-19-13(16)12(21-22-23)14(20-15)18-9-11-6-5-10(2)17-8-11;1-2/h5-6,8H,3-4,7,9H2,1-2H3,(H,21,23)(H3,16,18,19,20);1-2H3. The fourth-order valence-corrected chi connectivity index (χ4v) is 1.90. The third-order valence-electron chi connectivity index (χ3n) is 3.24. The van der Waals surface area contributed by atoms with Gasteiger partial charge in [-0.1, -0.05) is 33.3 Å². The summed E-state index contributed by atoms with van der Waals surface area (Å²) in [5, 5.41) is 5.74. The number of nitrogens with zero attached hydrogens (tertiary/aromatic N) is 4. The van der Waals surface area contributed by atoms with Crippen LogP contribution in [0.1, 0.15) is 44.9 Å². The lowest BCUT2D eigenvalue weighted by molar-refractivity contribution is 0.286. The lowest BCUT2D eigenvalue weighted by Gasteiger charge is -2.13. The molecule has 0 saturated heterocycles. The molecule has 2 heterocycles. The van der Waals surface area contributed by atoms with Crippen molar-refractivity contribution in [2.24, 2.45) is 5.29 Å². The maximum Gasteiger partial charge on any atom is 0.320 e. The molecule has 0 spiro atoms. The number of anilines is 3. The summed E-state index contributed by atoms with van der Waals surface area (Å²) in [7, 11) is 0. The Morgan fingerprint density at radius 3 is 2.65 bits per heavy atom. The molecule has 9 heteroatoms. The van der Waals surface area contributed by atoms with Crippen molar-refractivity contribution in [1.82, 2.24) is 15.0 Å². The van der Waals surface area contributed by atoms with E-state index >= 15 is 0 Å². The second kappa shape index (κ2) is 11.6. The Morgan fingerprint density at radius 1 is 1.27 bits per heavy atom. The minimum atomic E-state index is 0.0839. The zero-order chi connectivity index (χ0) is 19.4. The number of pyridine rings is 1. The van der Waals surface area contributed by atoms with Crippen molar-refractivity contribution in [1.29, 1.82) is 0 Å². The highest BCUT2D eigenvalue weighted by Crippen LogP contribution is 2.28. The first-order valence-electron chi connectivity index (χ1n) is 8.68. The molecular weight excluding hydrogens is 334 g/mol. The normalized spacial score (nSPS) is 9.69. The smallest absolute Gasteiger partial charge is 0.320 e. The molecule has 142 valence electrons. The largest absolute Gasteiger partial charge is 0.463 e. The molecule has 0 bridgehead atoms. The van der Waals surface area contributed by atoms with E-state index in [2.05, 4.69) is 37.9 Å². The molecule has 0 radical (unpaired) electrons. The van der Waals surface area contributed by atoms with Crippen LogP contribution >= 0.6 is 0 Å². The number of nitroso groups, excluding NO2 is 1. The van der Waals surface area contributed by atoms with Crippen LogP contribution < -0.4 is 21.2 Å². The summed E-state index contributed by atoms with van der Waals surface area (Å²) in [6.45, 7) is 8.92. The molecule has 2 rings (SSSR count). The summed E-state index contributed by atoms with van der Waals surface area (Å²) in [4.78, 5) is 23.0. The average Bonchev–Trinajstić information content (AvgIpc) is 2.65. The SMILES string of the molecule is CC.CCCCOc1nc(N)c(NN=O)c(NCc2ccc(C)nc2)n1. The van der Waals surface area contributed by atoms with Crippen molar-refractivity contribution in [3.8, 4) is 6.01 Å². The summed E-state index contributed by atoms with van der Waals surface area (Å²) in [6.07, 6.45) is 3.64. The van der Waals surface area contributed by atoms with Crippen molar-refractivity contribution in [3.05, 3.63) is 34.5 Å². The molecule has 0 unspecified atom stereocenters. The third kappa shape index (κ3) is 6.50. The summed E-state index contributed by atoms with van der Waals surface area (Å²) < 4.78 is 5.48. The number of aryl methyl sites for hydroxylation is 1. The van der Waals surface area contributed by atoms with E-state index in [0.29, 0.717) is 19.0 Å². The molecule has 0 atom stereocenters. The third-order valence-corrected chi connectivity index (χ3v) is 3.24. The van der Waals surface area contributed by atoms with Crippen LogP contribution in [-0.2, 0) is 6.54 Å². The van der Waals surface area contributed by atoms with E-state index in [0.717, 1.165) is 24.1 Å². The highest BCUT2D eigenvalue weighted by Gasteiger charge is 2.13. The highest BCUT2D eigenvalue weighted by atomic mass is 16.5. The van der Waals surface area contributed by atoms with Gasteiger partial charge in [-0.25, -0.2) is 5.43 Å². The Hall–Kier alpha value is -2.97. The Labute approximate surface area is 153 Å². The number of unbranched alkanes of at least 4 members (excludes halogenated alkanes) is 1. The molecule has 0 amide bonds. The Bertz CT molecular complexity index is 678. The number of nitrogen functional groups attached to an aromatic ring is 1. The topological polar surface area (TPSA) is 127 Å². The first kappa shape index (κ1) is 21.1. The minimum Gasteiger partial charge on any atom is -0.463 e. The molecule has 0 saturated carbocycles. The van der Waals surface area contributed by atoms with Gasteiger partial charge in [0.1, 0.15) is 5.69 Å². The van der Waals surface area contributed by atoms with Gasteiger partial charge in [0.25, 0.3) is 0 Å². The Kier molecular flexibility index (Phi) is 9.37. The number of hydrogen-bond acceptors (Lipinski definition) is 8. The van der Waals surface area contributed by atoms with Gasteiger partial charge in [-0.05, 0) is 25.0 Å². The number of nitrogens with two attached hydrogens (primary N) is 1. The van der Waals surface area contributed by atoms with Crippen LogP contribution in [0.25, 0.3) is 0 Å². The quantitative estimate of drug-likeness (QED) is 0.351. The molecule has 0 aromatic carbocycles. The van der Waals surface area contributed by atoms with Crippen molar-refractivity contribution in [2.75, 3.05) is 23.1 Å². The average molecular weight is 361 g/mol. The van der Waals surface area contributed by atoms with Crippen molar-refractivity contribution in [3.63, 3.8) is 0 Å². The first-order valence-corrected chi connectivity index (χ1v) is 8.68. The predicted octanol–water partition coefficient (Wildman–Crippen LogP) is 3.67. The van der Waals surface area contributed by atoms with Crippen LogP contribution in [0, 0.1) is 11.8 Å². The molecule has 2 aromatic rings. The summed E-state index contributed by atoms with van der Waals surface area (Å²) in [5.74, 6) is 0.426. The highest BCUT2D eigenvalue weighted by molar-refractivity contribution is 5.75. The second-order valence-corrected chi connectivity index (χ2v) is 5.18. The van der Waals surface area contributed by atoms with E-state index in [4.69, 9.17) is 10.5 Å². The van der Waals surface area contributed by atoms with Crippen molar-refractivity contribution < 1.29 is 4.74 Å². The lowest BCUT2D eigenvalue weighted by atomic mass is 10.2. The van der Waals surface area contributed by atoms with E-state index in [1.165, 1.54) is 0 Å². The number of nitrogens with one attached hydrogen (secondary N) is 2. The zero-order valence-electron chi connectivity index (χ0n) is 15.7. The monoisotopic (exact) mass is 361 g/mol. The maximum absolute atomic E-state index is 10.5. The minimum absolute atomic E-state index is 0.0839. The number of ether oxygens (including phenoxy) is 1. The van der Waals surface area contributed by atoms with Gasteiger partial charge >= 0.3 is 6.01 Å². The molecule has 0 aliphatic rings. The molecule has 0 aliphatic carbocycles. The molecule has 26 heavy (non-hydrogen) atoms. The summed E-state index contributed by atoms with van der Waals surface area (Å²) >= 11 is 0. The molecule has 0 aliphatic heterocycles. The fourth-order valence-electron chi connectivity index (χ4n) is 1.90. The van der Waals surface area contributed by atoms with Crippen LogP contribution in [0.2, 0.25) is 0 Å². The van der Waals surface area contributed by atoms with Crippen LogP contribution in [0.3, 0.4) is 0 Å². The van der Waals surface area contributed by atoms with Gasteiger partial charge in [-0.2, -0.15) is 9.97 Å².